The van der Waals surface area contributed by atoms with Gasteiger partial charge in [-0.15, -0.1) is 0 Å². The predicted molar refractivity (Wildman–Crippen MR) is 137 cm³/mol. The lowest BCUT2D eigenvalue weighted by molar-refractivity contribution is -0.193. The highest BCUT2D eigenvalue weighted by Crippen LogP contribution is 2.33. The molecule has 0 unspecified atom stereocenters. The zero-order chi connectivity index (χ0) is 36.8. The van der Waals surface area contributed by atoms with Gasteiger partial charge >= 0.3 is 36.4 Å². The number of anilines is 1. The number of fused-ring (bicyclic) bond motifs is 1. The summed E-state index contributed by atoms with van der Waals surface area (Å²) >= 11 is 0. The number of aryl methyl sites for hydroxylation is 1. The van der Waals surface area contributed by atoms with Gasteiger partial charge in [0, 0.05) is 6.54 Å². The first kappa shape index (κ1) is 41.6. The number of hydrogen-bond donors (Lipinski definition) is 6. The third-order valence-corrected chi connectivity index (χ3v) is 4.42. The molecule has 3 aromatic heterocycles. The van der Waals surface area contributed by atoms with Crippen molar-refractivity contribution in [2.75, 3.05) is 25.4 Å². The summed E-state index contributed by atoms with van der Waals surface area (Å²) in [6.45, 7) is 3.80. The average molecular weight is 698 g/mol. The van der Waals surface area contributed by atoms with E-state index in [2.05, 4.69) is 32.1 Å². The molecule has 16 nitrogen and oxygen atoms in total. The maximum Gasteiger partial charge on any atom is 0.490 e. The zero-order valence-electron chi connectivity index (χ0n) is 23.4. The van der Waals surface area contributed by atoms with Crippen LogP contribution in [-0.4, -0.2) is 96.3 Å². The molecule has 3 aromatic rings. The van der Waals surface area contributed by atoms with Crippen molar-refractivity contribution in [3.05, 3.63) is 11.9 Å². The van der Waals surface area contributed by atoms with Crippen LogP contribution in [0.1, 0.15) is 19.0 Å². The Kier molecular flexibility index (Phi) is 15.9. The number of rotatable bonds is 6. The van der Waals surface area contributed by atoms with Crippen molar-refractivity contribution in [2.45, 2.75) is 38.4 Å². The van der Waals surface area contributed by atoms with Crippen LogP contribution >= 0.6 is 0 Å². The Morgan fingerprint density at radius 3 is 1.79 bits per heavy atom. The van der Waals surface area contributed by atoms with Crippen LogP contribution in [0.3, 0.4) is 0 Å². The van der Waals surface area contributed by atoms with Crippen molar-refractivity contribution >= 4 is 34.8 Å². The summed E-state index contributed by atoms with van der Waals surface area (Å²) in [5.41, 5.74) is 19.1. The van der Waals surface area contributed by atoms with Crippen LogP contribution in [0.2, 0.25) is 0 Å². The summed E-state index contributed by atoms with van der Waals surface area (Å²) < 4.78 is 108. The van der Waals surface area contributed by atoms with Crippen LogP contribution in [0.4, 0.5) is 45.3 Å². The first-order valence-electron chi connectivity index (χ1n) is 11.9. The molecule has 25 heteroatoms. The number of carboxylic acid groups (broad SMARTS) is 3. The van der Waals surface area contributed by atoms with Crippen molar-refractivity contribution in [3.63, 3.8) is 0 Å². The van der Waals surface area contributed by atoms with Crippen LogP contribution < -0.4 is 21.9 Å². The van der Waals surface area contributed by atoms with Crippen molar-refractivity contribution in [3.8, 4) is 29.1 Å². The summed E-state index contributed by atoms with van der Waals surface area (Å²) in [4.78, 5) is 35.7. The molecule has 0 amide bonds. The Morgan fingerprint density at radius 1 is 0.936 bits per heavy atom. The quantitative estimate of drug-likeness (QED) is 0.122. The molecule has 0 spiro atoms. The second-order valence-electron chi connectivity index (χ2n) is 7.75. The number of aliphatic carboxylic acids is 3. The summed E-state index contributed by atoms with van der Waals surface area (Å²) in [6.07, 6.45) is -12.9. The van der Waals surface area contributed by atoms with Gasteiger partial charge in [-0.3, -0.25) is 0 Å². The van der Waals surface area contributed by atoms with E-state index in [1.165, 1.54) is 0 Å². The standard InChI is InChI=1S/C16H20N8O2.3C2HF3O2/c1-2-24-14-11(25-8-4-7-18)9-20-10(5-3-6-17)12(14)21-16(24)13-15(19)23-26-22-13;3*3-2(4,5)1(6)7/h9H,2,4,6-8,17-18H2,1H3,(H2,19,23);3*(H,6,7). The monoisotopic (exact) mass is 698 g/mol. The van der Waals surface area contributed by atoms with E-state index < -0.39 is 36.4 Å². The van der Waals surface area contributed by atoms with Gasteiger partial charge < -0.3 is 41.8 Å². The van der Waals surface area contributed by atoms with Gasteiger partial charge in [0.15, 0.2) is 23.1 Å². The van der Waals surface area contributed by atoms with Gasteiger partial charge in [-0.05, 0) is 36.1 Å². The maximum absolute atomic E-state index is 10.6. The molecule has 0 aliphatic rings. The predicted octanol–water partition coefficient (Wildman–Crippen LogP) is 2.02. The number of ether oxygens (including phenoxy) is 1. The molecule has 3 rings (SSSR count). The molecule has 9 N–H and O–H groups in total. The Morgan fingerprint density at radius 2 is 1.43 bits per heavy atom. The normalized spacial score (nSPS) is 11.0. The molecule has 0 atom stereocenters. The van der Waals surface area contributed by atoms with E-state index in [9.17, 15) is 39.5 Å². The van der Waals surface area contributed by atoms with Crippen molar-refractivity contribution in [2.24, 2.45) is 11.5 Å². The maximum atomic E-state index is 10.6. The third-order valence-electron chi connectivity index (χ3n) is 4.42. The first-order valence-corrected chi connectivity index (χ1v) is 11.9. The molecule has 0 saturated carbocycles. The van der Waals surface area contributed by atoms with E-state index in [4.69, 9.17) is 56.3 Å². The number of nitrogens with two attached hydrogens (primary N) is 3. The number of carbonyl (C=O) groups is 3. The molecule has 0 bridgehead atoms. The van der Waals surface area contributed by atoms with E-state index >= 15 is 0 Å². The van der Waals surface area contributed by atoms with E-state index in [0.717, 1.165) is 11.9 Å². The molecular formula is C22H23F9N8O8. The number of imidazole rings is 1. The minimum Gasteiger partial charge on any atom is -0.490 e. The van der Waals surface area contributed by atoms with Crippen molar-refractivity contribution in [1.82, 2.24) is 24.8 Å². The fourth-order valence-corrected chi connectivity index (χ4v) is 2.55. The fourth-order valence-electron chi connectivity index (χ4n) is 2.55. The minimum atomic E-state index is -5.08. The summed E-state index contributed by atoms with van der Waals surface area (Å²) in [5.74, 6) is -1.28. The van der Waals surface area contributed by atoms with Gasteiger partial charge in [0.05, 0.1) is 19.3 Å². The SMILES string of the molecule is CCn1c(-c2nonc2N)nc2c(C#CCN)ncc(OCCCN)c21.O=C(O)C(F)(F)F.O=C(O)C(F)(F)F.O=C(O)C(F)(F)F. The van der Waals surface area contributed by atoms with E-state index in [-0.39, 0.29) is 12.4 Å². The molecule has 0 aliphatic heterocycles. The number of aromatic nitrogens is 5. The number of carboxylic acids is 3. The highest BCUT2D eigenvalue weighted by atomic mass is 19.4. The fraction of sp³-hybridized carbons (Fsp3) is 0.409. The van der Waals surface area contributed by atoms with Crippen LogP contribution in [0.5, 0.6) is 5.75 Å². The lowest BCUT2D eigenvalue weighted by Gasteiger charge is -2.10. The number of nitrogens with zero attached hydrogens (tertiary/aromatic N) is 5. The smallest absolute Gasteiger partial charge is 0.490 e. The van der Waals surface area contributed by atoms with E-state index in [0.29, 0.717) is 48.2 Å². The van der Waals surface area contributed by atoms with Gasteiger partial charge in [-0.2, -0.15) is 39.5 Å². The topological polar surface area (TPSA) is 269 Å². The Labute approximate surface area is 255 Å². The van der Waals surface area contributed by atoms with Gasteiger partial charge in [-0.1, -0.05) is 5.92 Å². The first-order chi connectivity index (χ1) is 21.5. The highest BCUT2D eigenvalue weighted by molar-refractivity contribution is 5.89. The molecular weight excluding hydrogens is 675 g/mol. The van der Waals surface area contributed by atoms with Crippen LogP contribution in [0.15, 0.2) is 10.8 Å². The number of nitrogen functional groups attached to an aromatic ring is 1. The van der Waals surface area contributed by atoms with Gasteiger partial charge in [-0.25, -0.2) is 29.0 Å². The third kappa shape index (κ3) is 13.7. The summed E-state index contributed by atoms with van der Waals surface area (Å²) in [7, 11) is 0. The lowest BCUT2D eigenvalue weighted by Crippen LogP contribution is -2.21. The van der Waals surface area contributed by atoms with Crippen LogP contribution in [0, 0.1) is 11.8 Å². The number of pyridine rings is 1. The molecule has 0 saturated heterocycles. The number of hydrogen-bond acceptors (Lipinski definition) is 12. The molecule has 0 aromatic carbocycles. The number of alkyl halides is 9. The molecule has 0 fully saturated rings. The highest BCUT2D eigenvalue weighted by Gasteiger charge is 2.39. The molecule has 3 heterocycles. The Balaban J connectivity index is 0.000000820. The van der Waals surface area contributed by atoms with Gasteiger partial charge in [0.25, 0.3) is 0 Å². The molecule has 47 heavy (non-hydrogen) atoms. The van der Waals surface area contributed by atoms with Gasteiger partial charge in [0.2, 0.25) is 0 Å². The van der Waals surface area contributed by atoms with Crippen LogP contribution in [-0.2, 0) is 20.9 Å². The summed E-state index contributed by atoms with van der Waals surface area (Å²) in [6, 6.07) is 0. The molecule has 0 radical (unpaired) electrons. The van der Waals surface area contributed by atoms with E-state index in [1.54, 1.807) is 6.20 Å². The molecule has 262 valence electrons. The Bertz CT molecular complexity index is 1500. The van der Waals surface area contributed by atoms with E-state index in [1.807, 2.05) is 11.5 Å². The largest absolute Gasteiger partial charge is 0.490 e. The lowest BCUT2D eigenvalue weighted by atomic mass is 10.2. The van der Waals surface area contributed by atoms with Crippen LogP contribution in [0.25, 0.3) is 22.6 Å². The zero-order valence-corrected chi connectivity index (χ0v) is 23.4. The van der Waals surface area contributed by atoms with Gasteiger partial charge in [0.1, 0.15) is 16.7 Å². The average Bonchev–Trinajstić information content (AvgIpc) is 3.55. The summed E-state index contributed by atoms with van der Waals surface area (Å²) in [5, 5.41) is 28.9. The number of halogens is 9. The van der Waals surface area contributed by atoms with Crippen molar-refractivity contribution in [1.29, 1.82) is 0 Å². The minimum absolute atomic E-state index is 0.156. The second kappa shape index (κ2) is 17.9. The second-order valence-corrected chi connectivity index (χ2v) is 7.75. The van der Waals surface area contributed by atoms with Crippen molar-refractivity contribution < 1.29 is 78.6 Å². The molecule has 0 aliphatic carbocycles. The Hall–Kier alpha value is -5.38.